The molecule has 1 aromatic carbocycles. The normalized spacial score (nSPS) is 13.6. The summed E-state index contributed by atoms with van der Waals surface area (Å²) in [5, 5.41) is 8.82. The number of carboxylic acids is 1. The average Bonchev–Trinajstić information content (AvgIpc) is 2.46. The Bertz CT molecular complexity index is 448. The molecule has 0 spiro atoms. The topological polar surface area (TPSA) is 83.6 Å². The van der Waals surface area contributed by atoms with Crippen LogP contribution < -0.4 is 10.6 Å². The number of carbonyl (C=O) groups is 2. The minimum Gasteiger partial charge on any atom is -0.481 e. The van der Waals surface area contributed by atoms with Crippen molar-refractivity contribution in [2.75, 3.05) is 11.4 Å². The van der Waals surface area contributed by atoms with Crippen molar-refractivity contribution in [1.82, 2.24) is 0 Å². The van der Waals surface area contributed by atoms with Gasteiger partial charge in [0.15, 0.2) is 0 Å². The standard InChI is InChI=1S/C15H22N2O3/c1-3-11(2)14(16)15(20)17(10-9-13(18)19)12-7-5-4-6-8-12/h4-8,11,14H,3,9-10,16H2,1-2H3,(H,18,19). The first-order chi connectivity index (χ1) is 9.47. The molecule has 2 unspecified atom stereocenters. The fraction of sp³-hybridized carbons (Fsp3) is 0.467. The van der Waals surface area contributed by atoms with Gasteiger partial charge < -0.3 is 15.7 Å². The molecule has 0 radical (unpaired) electrons. The number of rotatable bonds is 7. The number of para-hydroxylation sites is 1. The van der Waals surface area contributed by atoms with Gasteiger partial charge in [0.2, 0.25) is 5.91 Å². The zero-order chi connectivity index (χ0) is 15.1. The van der Waals surface area contributed by atoms with Crippen LogP contribution in [0, 0.1) is 5.92 Å². The Hall–Kier alpha value is -1.88. The van der Waals surface area contributed by atoms with Gasteiger partial charge in [0.05, 0.1) is 12.5 Å². The highest BCUT2D eigenvalue weighted by Crippen LogP contribution is 2.17. The van der Waals surface area contributed by atoms with Gasteiger partial charge in [-0.25, -0.2) is 0 Å². The van der Waals surface area contributed by atoms with E-state index in [1.807, 2.05) is 32.0 Å². The molecule has 0 aliphatic carbocycles. The molecule has 0 bridgehead atoms. The largest absolute Gasteiger partial charge is 0.481 e. The lowest BCUT2D eigenvalue weighted by Gasteiger charge is -2.27. The Balaban J connectivity index is 2.92. The maximum absolute atomic E-state index is 12.5. The maximum Gasteiger partial charge on any atom is 0.305 e. The van der Waals surface area contributed by atoms with Gasteiger partial charge in [-0.1, -0.05) is 38.5 Å². The first-order valence-electron chi connectivity index (χ1n) is 6.81. The van der Waals surface area contributed by atoms with Crippen LogP contribution >= 0.6 is 0 Å². The number of benzene rings is 1. The third-order valence-corrected chi connectivity index (χ3v) is 3.43. The number of carboxylic acid groups (broad SMARTS) is 1. The molecular weight excluding hydrogens is 256 g/mol. The lowest BCUT2D eigenvalue weighted by molar-refractivity contribution is -0.136. The third-order valence-electron chi connectivity index (χ3n) is 3.43. The van der Waals surface area contributed by atoms with E-state index < -0.39 is 12.0 Å². The predicted molar refractivity (Wildman–Crippen MR) is 78.5 cm³/mol. The molecule has 1 aromatic rings. The molecule has 0 fully saturated rings. The number of hydrogen-bond donors (Lipinski definition) is 2. The molecule has 3 N–H and O–H groups in total. The van der Waals surface area contributed by atoms with Gasteiger partial charge in [0.1, 0.15) is 0 Å². The van der Waals surface area contributed by atoms with Crippen molar-refractivity contribution in [3.05, 3.63) is 30.3 Å². The Kier molecular flexibility index (Phi) is 6.18. The summed E-state index contributed by atoms with van der Waals surface area (Å²) < 4.78 is 0. The van der Waals surface area contributed by atoms with E-state index in [-0.39, 0.29) is 24.8 Å². The van der Waals surface area contributed by atoms with Crippen molar-refractivity contribution in [2.45, 2.75) is 32.7 Å². The molecule has 0 aliphatic rings. The SMILES string of the molecule is CCC(C)C(N)C(=O)N(CCC(=O)O)c1ccccc1. The van der Waals surface area contributed by atoms with E-state index >= 15 is 0 Å². The van der Waals surface area contributed by atoms with E-state index in [2.05, 4.69) is 0 Å². The van der Waals surface area contributed by atoms with Crippen LogP contribution in [0.5, 0.6) is 0 Å². The number of aliphatic carboxylic acids is 1. The van der Waals surface area contributed by atoms with Crippen LogP contribution in [0.1, 0.15) is 26.7 Å². The van der Waals surface area contributed by atoms with Crippen LogP contribution in [0.2, 0.25) is 0 Å². The number of nitrogens with zero attached hydrogens (tertiary/aromatic N) is 1. The van der Waals surface area contributed by atoms with Gasteiger partial charge in [0.25, 0.3) is 0 Å². The summed E-state index contributed by atoms with van der Waals surface area (Å²) in [7, 11) is 0. The summed E-state index contributed by atoms with van der Waals surface area (Å²) in [6, 6.07) is 8.41. The number of carbonyl (C=O) groups excluding carboxylic acids is 1. The summed E-state index contributed by atoms with van der Waals surface area (Å²) in [6.07, 6.45) is 0.697. The Labute approximate surface area is 119 Å². The van der Waals surface area contributed by atoms with Gasteiger partial charge in [-0.15, -0.1) is 0 Å². The second-order valence-corrected chi connectivity index (χ2v) is 4.88. The molecule has 0 heterocycles. The molecule has 2 atom stereocenters. The maximum atomic E-state index is 12.5. The monoisotopic (exact) mass is 278 g/mol. The Morgan fingerprint density at radius 3 is 2.40 bits per heavy atom. The number of amides is 1. The molecule has 0 aromatic heterocycles. The van der Waals surface area contributed by atoms with Crippen LogP contribution in [-0.2, 0) is 9.59 Å². The van der Waals surface area contributed by atoms with Gasteiger partial charge in [0, 0.05) is 12.2 Å². The van der Waals surface area contributed by atoms with Gasteiger partial charge in [-0.05, 0) is 18.1 Å². The third kappa shape index (κ3) is 4.35. The molecule has 0 saturated heterocycles. The minimum absolute atomic E-state index is 0.0542. The summed E-state index contributed by atoms with van der Waals surface area (Å²) in [5.41, 5.74) is 6.66. The van der Waals surface area contributed by atoms with E-state index in [0.29, 0.717) is 5.69 Å². The second-order valence-electron chi connectivity index (χ2n) is 4.88. The highest BCUT2D eigenvalue weighted by atomic mass is 16.4. The van der Waals surface area contributed by atoms with Crippen LogP contribution in [0.15, 0.2) is 30.3 Å². The molecular formula is C15H22N2O3. The van der Waals surface area contributed by atoms with E-state index in [0.717, 1.165) is 6.42 Å². The molecule has 1 rings (SSSR count). The molecule has 110 valence electrons. The van der Waals surface area contributed by atoms with Crippen LogP contribution in [0.3, 0.4) is 0 Å². The fourth-order valence-electron chi connectivity index (χ4n) is 1.86. The molecule has 20 heavy (non-hydrogen) atoms. The van der Waals surface area contributed by atoms with Crippen LogP contribution in [-0.4, -0.2) is 29.6 Å². The highest BCUT2D eigenvalue weighted by Gasteiger charge is 2.26. The lowest BCUT2D eigenvalue weighted by Crippen LogP contribution is -2.48. The minimum atomic E-state index is -0.934. The fourth-order valence-corrected chi connectivity index (χ4v) is 1.86. The summed E-state index contributed by atoms with van der Waals surface area (Å²) >= 11 is 0. The quantitative estimate of drug-likeness (QED) is 0.797. The summed E-state index contributed by atoms with van der Waals surface area (Å²) in [6.45, 7) is 4.02. The van der Waals surface area contributed by atoms with E-state index in [4.69, 9.17) is 10.8 Å². The van der Waals surface area contributed by atoms with Crippen molar-refractivity contribution < 1.29 is 14.7 Å². The molecule has 0 aliphatic heterocycles. The summed E-state index contributed by atoms with van der Waals surface area (Å²) in [4.78, 5) is 24.7. The second kappa shape index (κ2) is 7.65. The van der Waals surface area contributed by atoms with E-state index in [1.165, 1.54) is 4.90 Å². The smallest absolute Gasteiger partial charge is 0.305 e. The average molecular weight is 278 g/mol. The first kappa shape index (κ1) is 16.2. The number of hydrogen-bond acceptors (Lipinski definition) is 3. The van der Waals surface area contributed by atoms with Crippen molar-refractivity contribution in [2.24, 2.45) is 11.7 Å². The van der Waals surface area contributed by atoms with E-state index in [1.54, 1.807) is 12.1 Å². The van der Waals surface area contributed by atoms with Gasteiger partial charge >= 0.3 is 5.97 Å². The van der Waals surface area contributed by atoms with Crippen LogP contribution in [0.25, 0.3) is 0 Å². The molecule has 5 heteroatoms. The van der Waals surface area contributed by atoms with Crippen molar-refractivity contribution in [1.29, 1.82) is 0 Å². The zero-order valence-corrected chi connectivity index (χ0v) is 12.0. The lowest BCUT2D eigenvalue weighted by atomic mass is 9.98. The van der Waals surface area contributed by atoms with Gasteiger partial charge in [-0.2, -0.15) is 0 Å². The van der Waals surface area contributed by atoms with Crippen molar-refractivity contribution >= 4 is 17.6 Å². The number of anilines is 1. The highest BCUT2D eigenvalue weighted by molar-refractivity contribution is 5.97. The van der Waals surface area contributed by atoms with Crippen LogP contribution in [0.4, 0.5) is 5.69 Å². The van der Waals surface area contributed by atoms with Crippen molar-refractivity contribution in [3.63, 3.8) is 0 Å². The zero-order valence-electron chi connectivity index (χ0n) is 12.0. The Morgan fingerprint density at radius 2 is 1.90 bits per heavy atom. The Morgan fingerprint density at radius 1 is 1.30 bits per heavy atom. The first-order valence-corrected chi connectivity index (χ1v) is 6.81. The van der Waals surface area contributed by atoms with Gasteiger partial charge in [-0.3, -0.25) is 9.59 Å². The number of nitrogens with two attached hydrogens (primary N) is 1. The predicted octanol–water partition coefficient (Wildman–Crippen LogP) is 1.87. The molecule has 0 saturated carbocycles. The molecule has 1 amide bonds. The van der Waals surface area contributed by atoms with Crippen molar-refractivity contribution in [3.8, 4) is 0 Å². The molecule has 5 nitrogen and oxygen atoms in total. The van der Waals surface area contributed by atoms with E-state index in [9.17, 15) is 9.59 Å². The summed E-state index contributed by atoms with van der Waals surface area (Å²) in [5.74, 6) is -1.11.